The predicted octanol–water partition coefficient (Wildman–Crippen LogP) is 3.85. The molecule has 94 valence electrons. The Labute approximate surface area is 114 Å². The number of carbonyl (C=O) groups is 1. The van der Waals surface area contributed by atoms with Gasteiger partial charge >= 0.3 is 0 Å². The van der Waals surface area contributed by atoms with Crippen molar-refractivity contribution in [2.75, 3.05) is 5.32 Å². The number of para-hydroxylation sites is 1. The van der Waals surface area contributed by atoms with Crippen LogP contribution >= 0.6 is 23.2 Å². The maximum atomic E-state index is 12.0. The van der Waals surface area contributed by atoms with Gasteiger partial charge in [0.25, 0.3) is 5.91 Å². The standard InChI is InChI=1S/C12H10Cl2N2O2/c1-6-7(2)18-16-10(6)12(17)15-11-8(13)4-3-5-9(11)14/h3-5H,1-2H3,(H,15,17). The van der Waals surface area contributed by atoms with Crippen molar-refractivity contribution in [3.63, 3.8) is 0 Å². The quantitative estimate of drug-likeness (QED) is 0.911. The highest BCUT2D eigenvalue weighted by molar-refractivity contribution is 6.40. The molecule has 0 radical (unpaired) electrons. The Morgan fingerprint density at radius 3 is 2.39 bits per heavy atom. The van der Waals surface area contributed by atoms with E-state index in [4.69, 9.17) is 27.7 Å². The predicted molar refractivity (Wildman–Crippen MR) is 70.4 cm³/mol. The third-order valence-corrected chi connectivity index (χ3v) is 3.20. The van der Waals surface area contributed by atoms with Crippen LogP contribution in [0.4, 0.5) is 5.69 Å². The Morgan fingerprint density at radius 1 is 1.28 bits per heavy atom. The molecule has 1 aromatic carbocycles. The summed E-state index contributed by atoms with van der Waals surface area (Å²) in [5, 5.41) is 7.06. The summed E-state index contributed by atoms with van der Waals surface area (Å²) >= 11 is 11.9. The fourth-order valence-electron chi connectivity index (χ4n) is 1.42. The topological polar surface area (TPSA) is 55.1 Å². The molecule has 2 rings (SSSR count). The van der Waals surface area contributed by atoms with E-state index in [1.165, 1.54) is 0 Å². The first-order valence-electron chi connectivity index (χ1n) is 5.19. The van der Waals surface area contributed by atoms with Crippen molar-refractivity contribution < 1.29 is 9.32 Å². The Bertz CT molecular complexity index is 588. The second-order valence-electron chi connectivity index (χ2n) is 3.76. The molecule has 0 aliphatic rings. The molecule has 0 saturated heterocycles. The molecule has 1 aromatic heterocycles. The molecule has 0 atom stereocenters. The molecule has 0 saturated carbocycles. The molecule has 0 unspecified atom stereocenters. The number of nitrogens with zero attached hydrogens (tertiary/aromatic N) is 1. The summed E-state index contributed by atoms with van der Waals surface area (Å²) in [7, 11) is 0. The molecule has 0 aliphatic heterocycles. The lowest BCUT2D eigenvalue weighted by atomic mass is 10.2. The third kappa shape index (κ3) is 2.35. The minimum absolute atomic E-state index is 0.225. The molecule has 1 N–H and O–H groups in total. The van der Waals surface area contributed by atoms with E-state index >= 15 is 0 Å². The number of benzene rings is 1. The van der Waals surface area contributed by atoms with Gasteiger partial charge in [0.15, 0.2) is 5.69 Å². The van der Waals surface area contributed by atoms with Gasteiger partial charge in [-0.1, -0.05) is 34.4 Å². The smallest absolute Gasteiger partial charge is 0.278 e. The van der Waals surface area contributed by atoms with E-state index in [-0.39, 0.29) is 5.69 Å². The molecule has 0 aliphatic carbocycles. The Hall–Kier alpha value is -1.52. The number of rotatable bonds is 2. The Morgan fingerprint density at radius 2 is 1.89 bits per heavy atom. The van der Waals surface area contributed by atoms with Gasteiger partial charge in [-0.2, -0.15) is 0 Å². The fourth-order valence-corrected chi connectivity index (χ4v) is 1.91. The molecule has 1 amide bonds. The van der Waals surface area contributed by atoms with E-state index in [0.717, 1.165) is 0 Å². The molecular formula is C12H10Cl2N2O2. The second kappa shape index (κ2) is 5.00. The maximum absolute atomic E-state index is 12.0. The number of nitrogens with one attached hydrogen (secondary N) is 1. The van der Waals surface area contributed by atoms with Crippen LogP contribution < -0.4 is 5.32 Å². The van der Waals surface area contributed by atoms with Gasteiger partial charge in [0.05, 0.1) is 15.7 Å². The average Bonchev–Trinajstić information content (AvgIpc) is 2.65. The number of hydrogen-bond donors (Lipinski definition) is 1. The normalized spacial score (nSPS) is 10.4. The Kier molecular flexibility index (Phi) is 3.59. The number of carbonyl (C=O) groups excluding carboxylic acids is 1. The molecule has 18 heavy (non-hydrogen) atoms. The lowest BCUT2D eigenvalue weighted by molar-refractivity contribution is 0.101. The molecule has 0 bridgehead atoms. The molecule has 1 heterocycles. The monoisotopic (exact) mass is 284 g/mol. The molecular weight excluding hydrogens is 275 g/mol. The van der Waals surface area contributed by atoms with E-state index in [1.54, 1.807) is 32.0 Å². The van der Waals surface area contributed by atoms with Crippen LogP contribution in [0.15, 0.2) is 22.7 Å². The van der Waals surface area contributed by atoms with Crippen LogP contribution in [-0.4, -0.2) is 11.1 Å². The largest absolute Gasteiger partial charge is 0.361 e. The Balaban J connectivity index is 2.30. The van der Waals surface area contributed by atoms with Gasteiger partial charge in [0.2, 0.25) is 0 Å². The summed E-state index contributed by atoms with van der Waals surface area (Å²) in [4.78, 5) is 12.0. The molecule has 0 spiro atoms. The van der Waals surface area contributed by atoms with Crippen molar-refractivity contribution in [1.29, 1.82) is 0 Å². The number of halogens is 2. The summed E-state index contributed by atoms with van der Waals surface area (Å²) in [5.74, 6) is 0.199. The summed E-state index contributed by atoms with van der Waals surface area (Å²) in [6.45, 7) is 3.50. The van der Waals surface area contributed by atoms with Gasteiger partial charge in [-0.25, -0.2) is 0 Å². The summed E-state index contributed by atoms with van der Waals surface area (Å²) in [6.07, 6.45) is 0. The molecule has 2 aromatic rings. The molecule has 6 heteroatoms. The van der Waals surface area contributed by atoms with Crippen LogP contribution in [0.2, 0.25) is 10.0 Å². The SMILES string of the molecule is Cc1onc(C(=O)Nc2c(Cl)cccc2Cl)c1C. The zero-order chi connectivity index (χ0) is 13.3. The first kappa shape index (κ1) is 12.9. The van der Waals surface area contributed by atoms with Crippen LogP contribution in [0.1, 0.15) is 21.8 Å². The number of anilines is 1. The van der Waals surface area contributed by atoms with Crippen molar-refractivity contribution in [3.8, 4) is 0 Å². The molecule has 4 nitrogen and oxygen atoms in total. The average molecular weight is 285 g/mol. The van der Waals surface area contributed by atoms with Gasteiger partial charge in [0, 0.05) is 5.56 Å². The number of hydrogen-bond acceptors (Lipinski definition) is 3. The summed E-state index contributed by atoms with van der Waals surface area (Å²) in [5.41, 5.74) is 1.28. The van der Waals surface area contributed by atoms with Gasteiger partial charge in [-0.3, -0.25) is 4.79 Å². The van der Waals surface area contributed by atoms with E-state index in [1.807, 2.05) is 0 Å². The lowest BCUT2D eigenvalue weighted by Crippen LogP contribution is -2.14. The summed E-state index contributed by atoms with van der Waals surface area (Å²) < 4.78 is 4.94. The van der Waals surface area contributed by atoms with Crippen LogP contribution in [0.5, 0.6) is 0 Å². The van der Waals surface area contributed by atoms with Gasteiger partial charge < -0.3 is 9.84 Å². The first-order valence-corrected chi connectivity index (χ1v) is 5.94. The van der Waals surface area contributed by atoms with Crippen LogP contribution in [0.25, 0.3) is 0 Å². The first-order chi connectivity index (χ1) is 8.50. The van der Waals surface area contributed by atoms with Gasteiger partial charge in [-0.05, 0) is 26.0 Å². The van der Waals surface area contributed by atoms with Gasteiger partial charge in [-0.15, -0.1) is 0 Å². The minimum Gasteiger partial charge on any atom is -0.361 e. The third-order valence-electron chi connectivity index (χ3n) is 2.57. The van der Waals surface area contributed by atoms with E-state index in [9.17, 15) is 4.79 Å². The van der Waals surface area contributed by atoms with Crippen LogP contribution in [-0.2, 0) is 0 Å². The maximum Gasteiger partial charge on any atom is 0.278 e. The van der Waals surface area contributed by atoms with Crippen molar-refractivity contribution in [2.45, 2.75) is 13.8 Å². The van der Waals surface area contributed by atoms with E-state index in [2.05, 4.69) is 10.5 Å². The van der Waals surface area contributed by atoms with Crippen LogP contribution in [0, 0.1) is 13.8 Å². The fraction of sp³-hybridized carbons (Fsp3) is 0.167. The lowest BCUT2D eigenvalue weighted by Gasteiger charge is -2.07. The summed E-state index contributed by atoms with van der Waals surface area (Å²) in [6, 6.07) is 4.99. The zero-order valence-corrected chi connectivity index (χ0v) is 11.3. The highest BCUT2D eigenvalue weighted by Crippen LogP contribution is 2.30. The van der Waals surface area contributed by atoms with E-state index < -0.39 is 5.91 Å². The number of aromatic nitrogens is 1. The zero-order valence-electron chi connectivity index (χ0n) is 9.75. The van der Waals surface area contributed by atoms with Gasteiger partial charge in [0.1, 0.15) is 5.76 Å². The highest BCUT2D eigenvalue weighted by atomic mass is 35.5. The number of aryl methyl sites for hydroxylation is 1. The highest BCUT2D eigenvalue weighted by Gasteiger charge is 2.18. The van der Waals surface area contributed by atoms with Crippen molar-refractivity contribution in [2.24, 2.45) is 0 Å². The van der Waals surface area contributed by atoms with Crippen molar-refractivity contribution in [3.05, 3.63) is 45.3 Å². The molecule has 0 fully saturated rings. The van der Waals surface area contributed by atoms with Crippen molar-refractivity contribution >= 4 is 34.8 Å². The van der Waals surface area contributed by atoms with E-state index in [0.29, 0.717) is 27.1 Å². The van der Waals surface area contributed by atoms with Crippen LogP contribution in [0.3, 0.4) is 0 Å². The van der Waals surface area contributed by atoms with Crippen molar-refractivity contribution in [1.82, 2.24) is 5.16 Å². The second-order valence-corrected chi connectivity index (χ2v) is 4.58. The number of amides is 1. The minimum atomic E-state index is -0.403.